The number of hydrogen-bond acceptors (Lipinski definition) is 4. The molecule has 0 saturated heterocycles. The number of methoxy groups -OCH3 is 1. The molecular formula is C28H22ClF3N2O3. The van der Waals surface area contributed by atoms with E-state index in [-0.39, 0.29) is 40.1 Å². The molecule has 3 aromatic carbocycles. The minimum atomic E-state index is -5.19. The summed E-state index contributed by atoms with van der Waals surface area (Å²) >= 11 is 6.20. The Kier molecular flexibility index (Phi) is 6.45. The number of ether oxygens (including phenoxy) is 1. The minimum absolute atomic E-state index is 0.0296. The summed E-state index contributed by atoms with van der Waals surface area (Å²) in [4.78, 5) is 27.4. The van der Waals surface area contributed by atoms with Gasteiger partial charge in [-0.25, -0.2) is 0 Å². The van der Waals surface area contributed by atoms with Crippen LogP contribution < -0.4 is 15.0 Å². The van der Waals surface area contributed by atoms with Crippen LogP contribution in [0.1, 0.15) is 35.9 Å². The molecule has 190 valence electrons. The van der Waals surface area contributed by atoms with Gasteiger partial charge in [0.05, 0.1) is 24.5 Å². The number of carbonyl (C=O) groups is 2. The Morgan fingerprint density at radius 2 is 1.73 bits per heavy atom. The maximum absolute atomic E-state index is 14.0. The van der Waals surface area contributed by atoms with Gasteiger partial charge < -0.3 is 10.1 Å². The van der Waals surface area contributed by atoms with Crippen LogP contribution in [-0.4, -0.2) is 25.0 Å². The van der Waals surface area contributed by atoms with Crippen molar-refractivity contribution < 1.29 is 27.5 Å². The maximum atomic E-state index is 14.0. The van der Waals surface area contributed by atoms with Gasteiger partial charge in [0.2, 0.25) is 0 Å². The number of nitrogens with one attached hydrogen (secondary N) is 1. The van der Waals surface area contributed by atoms with Crippen LogP contribution in [0.25, 0.3) is 0 Å². The molecule has 2 aliphatic rings. The average Bonchev–Trinajstić information content (AvgIpc) is 3.02. The van der Waals surface area contributed by atoms with E-state index in [9.17, 15) is 22.8 Å². The zero-order valence-corrected chi connectivity index (χ0v) is 20.4. The summed E-state index contributed by atoms with van der Waals surface area (Å²) in [6, 6.07) is 18.8. The van der Waals surface area contributed by atoms with Gasteiger partial charge in [-0.15, -0.1) is 0 Å². The summed E-state index contributed by atoms with van der Waals surface area (Å²) in [6.07, 6.45) is -4.73. The first kappa shape index (κ1) is 24.9. The third-order valence-electron chi connectivity index (χ3n) is 6.68. The highest BCUT2D eigenvalue weighted by atomic mass is 35.5. The van der Waals surface area contributed by atoms with Gasteiger partial charge in [-0.05, 0) is 53.8 Å². The van der Waals surface area contributed by atoms with Gasteiger partial charge in [0.1, 0.15) is 5.75 Å². The fraction of sp³-hybridized carbons (Fsp3) is 0.214. The van der Waals surface area contributed by atoms with Crippen LogP contribution in [0.3, 0.4) is 0 Å². The highest BCUT2D eigenvalue weighted by Crippen LogP contribution is 2.49. The molecule has 0 spiro atoms. The number of Topliss-reactive ketones (excluding diaryl/α,β-unsaturated/α-hetero) is 1. The molecule has 3 aromatic rings. The van der Waals surface area contributed by atoms with Gasteiger partial charge in [-0.3, -0.25) is 14.5 Å². The lowest BCUT2D eigenvalue weighted by atomic mass is 9.78. The second kappa shape index (κ2) is 9.59. The van der Waals surface area contributed by atoms with Gasteiger partial charge >= 0.3 is 12.1 Å². The number of benzene rings is 3. The topological polar surface area (TPSA) is 58.6 Å². The predicted octanol–water partition coefficient (Wildman–Crippen LogP) is 6.81. The Morgan fingerprint density at radius 3 is 2.43 bits per heavy atom. The van der Waals surface area contributed by atoms with Gasteiger partial charge in [0.25, 0.3) is 0 Å². The summed E-state index contributed by atoms with van der Waals surface area (Å²) in [5.74, 6) is -2.22. The normalized spacial score (nSPS) is 19.5. The summed E-state index contributed by atoms with van der Waals surface area (Å²) in [5.41, 5.74) is 2.02. The fourth-order valence-electron chi connectivity index (χ4n) is 5.07. The van der Waals surface area contributed by atoms with Gasteiger partial charge in [0, 0.05) is 22.7 Å². The molecule has 0 bridgehead atoms. The van der Waals surface area contributed by atoms with Crippen molar-refractivity contribution in [1.29, 1.82) is 0 Å². The molecule has 37 heavy (non-hydrogen) atoms. The lowest BCUT2D eigenvalue weighted by molar-refractivity contribution is -0.170. The highest BCUT2D eigenvalue weighted by Gasteiger charge is 2.50. The molecule has 2 atom stereocenters. The number of hydrogen-bond donors (Lipinski definition) is 1. The van der Waals surface area contributed by atoms with Crippen molar-refractivity contribution in [3.05, 3.63) is 100 Å². The molecular weight excluding hydrogens is 505 g/mol. The van der Waals surface area contributed by atoms with Crippen molar-refractivity contribution in [1.82, 2.24) is 0 Å². The average molecular weight is 527 g/mol. The molecule has 1 aliphatic heterocycles. The van der Waals surface area contributed by atoms with E-state index in [1.807, 2.05) is 30.3 Å². The van der Waals surface area contributed by atoms with Crippen molar-refractivity contribution in [2.75, 3.05) is 17.3 Å². The molecule has 1 N–H and O–H groups in total. The number of ketones is 1. The third-order valence-corrected chi connectivity index (χ3v) is 6.92. The number of allylic oxidation sites excluding steroid dienone is 1. The summed E-state index contributed by atoms with van der Waals surface area (Å²) in [7, 11) is 1.44. The van der Waals surface area contributed by atoms with E-state index in [4.69, 9.17) is 16.3 Å². The second-order valence-electron chi connectivity index (χ2n) is 8.97. The molecule has 5 nitrogen and oxygen atoms in total. The first-order valence-electron chi connectivity index (χ1n) is 11.6. The number of anilines is 2. The van der Waals surface area contributed by atoms with Crippen molar-refractivity contribution in [3.63, 3.8) is 0 Å². The monoisotopic (exact) mass is 526 g/mol. The van der Waals surface area contributed by atoms with Crippen molar-refractivity contribution in [2.24, 2.45) is 0 Å². The van der Waals surface area contributed by atoms with Crippen LogP contribution in [0, 0.1) is 0 Å². The fourth-order valence-corrected chi connectivity index (χ4v) is 5.24. The molecule has 5 rings (SSSR count). The number of halogens is 4. The van der Waals surface area contributed by atoms with Crippen molar-refractivity contribution >= 4 is 34.7 Å². The number of carbonyl (C=O) groups excluding carboxylic acids is 2. The van der Waals surface area contributed by atoms with E-state index in [0.29, 0.717) is 28.3 Å². The van der Waals surface area contributed by atoms with Crippen LogP contribution in [0.4, 0.5) is 24.5 Å². The zero-order valence-electron chi connectivity index (χ0n) is 19.7. The number of rotatable bonds is 3. The summed E-state index contributed by atoms with van der Waals surface area (Å²) in [5, 5.41) is 3.45. The molecule has 1 amide bonds. The van der Waals surface area contributed by atoms with E-state index in [0.717, 1.165) is 5.56 Å². The molecule has 0 unspecified atom stereocenters. The van der Waals surface area contributed by atoms with Crippen LogP contribution in [0.15, 0.2) is 84.1 Å². The Labute approximate surface area is 216 Å². The van der Waals surface area contributed by atoms with Gasteiger partial charge in [0.15, 0.2) is 5.78 Å². The van der Waals surface area contributed by atoms with E-state index in [1.54, 1.807) is 24.3 Å². The van der Waals surface area contributed by atoms with E-state index < -0.39 is 18.1 Å². The second-order valence-corrected chi connectivity index (χ2v) is 9.41. The van der Waals surface area contributed by atoms with Crippen LogP contribution in [0.2, 0.25) is 5.02 Å². The SMILES string of the molecule is COc1cccc([C@H]2C3=C(C[C@@H](c4ccccc4)CC3=O)Nc3cc(Cl)ccc3N2C(=O)C(F)(F)F)c1. The first-order valence-corrected chi connectivity index (χ1v) is 12.0. The van der Waals surface area contributed by atoms with Crippen LogP contribution in [-0.2, 0) is 9.59 Å². The molecule has 0 radical (unpaired) electrons. The zero-order chi connectivity index (χ0) is 26.3. The van der Waals surface area contributed by atoms with E-state index in [1.165, 1.54) is 25.3 Å². The largest absolute Gasteiger partial charge is 0.497 e. The van der Waals surface area contributed by atoms with E-state index in [2.05, 4.69) is 5.32 Å². The summed E-state index contributed by atoms with van der Waals surface area (Å²) in [6.45, 7) is 0. The van der Waals surface area contributed by atoms with Crippen molar-refractivity contribution in [3.8, 4) is 5.75 Å². The molecule has 0 saturated carbocycles. The Hall–Kier alpha value is -3.78. The predicted molar refractivity (Wildman–Crippen MR) is 135 cm³/mol. The molecule has 0 fully saturated rings. The molecule has 9 heteroatoms. The van der Waals surface area contributed by atoms with Crippen LogP contribution >= 0.6 is 11.6 Å². The quantitative estimate of drug-likeness (QED) is 0.407. The molecule has 0 aromatic heterocycles. The van der Waals surface area contributed by atoms with E-state index >= 15 is 0 Å². The number of alkyl halides is 3. The Bertz CT molecular complexity index is 1410. The third kappa shape index (κ3) is 4.69. The smallest absolute Gasteiger partial charge is 0.471 e. The highest BCUT2D eigenvalue weighted by molar-refractivity contribution is 6.31. The van der Waals surface area contributed by atoms with Crippen molar-refractivity contribution in [2.45, 2.75) is 31.0 Å². The first-order chi connectivity index (χ1) is 17.7. The number of nitrogens with zero attached hydrogens (tertiary/aromatic N) is 1. The van der Waals surface area contributed by atoms with Gasteiger partial charge in [-0.1, -0.05) is 54.1 Å². The Balaban J connectivity index is 1.77. The molecule has 1 aliphatic carbocycles. The number of fused-ring (bicyclic) bond motifs is 1. The summed E-state index contributed by atoms with van der Waals surface area (Å²) < 4.78 is 47.3. The maximum Gasteiger partial charge on any atom is 0.471 e. The minimum Gasteiger partial charge on any atom is -0.497 e. The standard InChI is InChI=1S/C28H22ClF3N2O3/c1-37-20-9-5-8-17(12-20)26-25-22(13-18(14-24(25)35)16-6-3-2-4-7-16)33-21-15-19(29)10-11-23(21)34(26)27(36)28(30,31)32/h2-12,15,18,26,33H,13-14H2,1H3/t18-,26+/m1/s1. The molecule has 1 heterocycles. The van der Waals surface area contributed by atoms with Gasteiger partial charge in [-0.2, -0.15) is 13.2 Å². The Morgan fingerprint density at radius 1 is 1.00 bits per heavy atom. The lowest BCUT2D eigenvalue weighted by Crippen LogP contribution is -2.45. The number of amides is 1. The lowest BCUT2D eigenvalue weighted by Gasteiger charge is -2.35. The van der Waals surface area contributed by atoms with Crippen LogP contribution in [0.5, 0.6) is 5.75 Å².